The first-order valence-corrected chi connectivity index (χ1v) is 7.47. The van der Waals surface area contributed by atoms with Crippen molar-refractivity contribution in [3.63, 3.8) is 0 Å². The number of carbonyl (C=O) groups is 2. The van der Waals surface area contributed by atoms with Crippen molar-refractivity contribution in [2.24, 2.45) is 5.41 Å². The molecular formula is C16H22N4O3. The fourth-order valence-corrected chi connectivity index (χ4v) is 2.29. The van der Waals surface area contributed by atoms with E-state index in [1.807, 2.05) is 39.0 Å². The van der Waals surface area contributed by atoms with Gasteiger partial charge in [0.05, 0.1) is 12.1 Å². The molecule has 0 aliphatic heterocycles. The van der Waals surface area contributed by atoms with Crippen LogP contribution in [0.2, 0.25) is 0 Å². The number of aliphatic hydroxyl groups excluding tert-OH is 1. The zero-order chi connectivity index (χ0) is 17.0. The summed E-state index contributed by atoms with van der Waals surface area (Å²) in [4.78, 5) is 24.8. The predicted molar refractivity (Wildman–Crippen MR) is 86.9 cm³/mol. The minimum Gasteiger partial charge on any atom is -0.395 e. The highest BCUT2D eigenvalue weighted by Crippen LogP contribution is 2.21. The normalized spacial score (nSPS) is 12.9. The molecule has 2 aromatic rings. The van der Waals surface area contributed by atoms with E-state index in [9.17, 15) is 9.59 Å². The summed E-state index contributed by atoms with van der Waals surface area (Å²) in [5.74, 6) is -0.749. The van der Waals surface area contributed by atoms with Gasteiger partial charge in [0.2, 0.25) is 5.91 Å². The average molecular weight is 318 g/mol. The molecule has 0 saturated heterocycles. The minimum atomic E-state index is -0.739. The monoisotopic (exact) mass is 318 g/mol. The molecule has 0 saturated carbocycles. The van der Waals surface area contributed by atoms with E-state index in [0.717, 1.165) is 5.52 Å². The number of hydrogen-bond acceptors (Lipinski definition) is 4. The number of aliphatic hydroxyl groups is 1. The highest BCUT2D eigenvalue weighted by Gasteiger charge is 2.33. The van der Waals surface area contributed by atoms with Crippen LogP contribution >= 0.6 is 0 Å². The third-order valence-corrected chi connectivity index (χ3v) is 3.50. The molecule has 0 bridgehead atoms. The second-order valence-corrected chi connectivity index (χ2v) is 6.40. The van der Waals surface area contributed by atoms with Crippen LogP contribution in [0.25, 0.3) is 10.9 Å². The summed E-state index contributed by atoms with van der Waals surface area (Å²) in [6.07, 6.45) is 0. The Labute approximate surface area is 134 Å². The number of para-hydroxylation sites is 1. The van der Waals surface area contributed by atoms with Crippen molar-refractivity contribution in [2.75, 3.05) is 13.2 Å². The standard InChI is InChI=1S/C16H22N4O3/c1-16(2,3)13(15(23)17-8-9-21)18-14(22)12-10-6-4-5-7-11(10)19-20-12/h4-7,13,21H,8-9H2,1-3H3,(H,17,23)(H,18,22)(H,19,20). The largest absolute Gasteiger partial charge is 0.395 e. The Morgan fingerprint density at radius 1 is 1.30 bits per heavy atom. The van der Waals surface area contributed by atoms with Gasteiger partial charge in [0.25, 0.3) is 5.91 Å². The first-order valence-electron chi connectivity index (χ1n) is 7.47. The zero-order valence-electron chi connectivity index (χ0n) is 13.5. The Morgan fingerprint density at radius 3 is 2.65 bits per heavy atom. The lowest BCUT2D eigenvalue weighted by Crippen LogP contribution is -2.54. The molecule has 0 radical (unpaired) electrons. The van der Waals surface area contributed by atoms with Gasteiger partial charge < -0.3 is 15.7 Å². The molecule has 1 heterocycles. The maximum absolute atomic E-state index is 12.5. The Bertz CT molecular complexity index is 703. The molecule has 7 nitrogen and oxygen atoms in total. The summed E-state index contributed by atoms with van der Waals surface area (Å²) < 4.78 is 0. The lowest BCUT2D eigenvalue weighted by Gasteiger charge is -2.30. The van der Waals surface area contributed by atoms with Gasteiger partial charge in [-0.3, -0.25) is 14.7 Å². The molecule has 4 N–H and O–H groups in total. The van der Waals surface area contributed by atoms with Crippen molar-refractivity contribution in [1.29, 1.82) is 0 Å². The van der Waals surface area contributed by atoms with Crippen molar-refractivity contribution >= 4 is 22.7 Å². The number of aromatic nitrogens is 2. The summed E-state index contributed by atoms with van der Waals surface area (Å²) in [6, 6.07) is 6.56. The number of amides is 2. The number of rotatable bonds is 5. The lowest BCUT2D eigenvalue weighted by atomic mass is 9.86. The highest BCUT2D eigenvalue weighted by atomic mass is 16.3. The van der Waals surface area contributed by atoms with Crippen molar-refractivity contribution in [2.45, 2.75) is 26.8 Å². The number of fused-ring (bicyclic) bond motifs is 1. The Hall–Kier alpha value is -2.41. The highest BCUT2D eigenvalue weighted by molar-refractivity contribution is 6.06. The number of aromatic amines is 1. The van der Waals surface area contributed by atoms with Crippen LogP contribution in [0.1, 0.15) is 31.3 Å². The topological polar surface area (TPSA) is 107 Å². The van der Waals surface area contributed by atoms with Crippen molar-refractivity contribution in [1.82, 2.24) is 20.8 Å². The molecule has 0 aliphatic carbocycles. The van der Waals surface area contributed by atoms with E-state index in [0.29, 0.717) is 5.39 Å². The molecule has 23 heavy (non-hydrogen) atoms. The van der Waals surface area contributed by atoms with Crippen LogP contribution in [0.3, 0.4) is 0 Å². The van der Waals surface area contributed by atoms with Gasteiger partial charge >= 0.3 is 0 Å². The van der Waals surface area contributed by atoms with Gasteiger partial charge in [-0.2, -0.15) is 5.10 Å². The lowest BCUT2D eigenvalue weighted by molar-refractivity contribution is -0.125. The van der Waals surface area contributed by atoms with Gasteiger partial charge in [0, 0.05) is 11.9 Å². The molecule has 7 heteroatoms. The molecule has 124 valence electrons. The van der Waals surface area contributed by atoms with Crippen molar-refractivity contribution < 1.29 is 14.7 Å². The molecule has 1 unspecified atom stereocenters. The van der Waals surface area contributed by atoms with E-state index >= 15 is 0 Å². The minimum absolute atomic E-state index is 0.145. The van der Waals surface area contributed by atoms with Crippen LogP contribution in [0, 0.1) is 5.41 Å². The Morgan fingerprint density at radius 2 is 2.00 bits per heavy atom. The fourth-order valence-electron chi connectivity index (χ4n) is 2.29. The third-order valence-electron chi connectivity index (χ3n) is 3.50. The van der Waals surface area contributed by atoms with E-state index in [1.54, 1.807) is 6.07 Å². The van der Waals surface area contributed by atoms with Crippen LogP contribution in [0.4, 0.5) is 0 Å². The van der Waals surface area contributed by atoms with Gasteiger partial charge in [-0.05, 0) is 11.5 Å². The summed E-state index contributed by atoms with van der Waals surface area (Å²) in [7, 11) is 0. The summed E-state index contributed by atoms with van der Waals surface area (Å²) in [5, 5.41) is 21.7. The summed E-state index contributed by atoms with van der Waals surface area (Å²) >= 11 is 0. The SMILES string of the molecule is CC(C)(C)C(NC(=O)c1n[nH]c2ccccc12)C(=O)NCCO. The molecule has 1 aromatic carbocycles. The van der Waals surface area contributed by atoms with Crippen molar-refractivity contribution in [3.8, 4) is 0 Å². The van der Waals surface area contributed by atoms with Gasteiger partial charge in [-0.25, -0.2) is 0 Å². The second kappa shape index (κ2) is 6.78. The van der Waals surface area contributed by atoms with Crippen LogP contribution in [0.5, 0.6) is 0 Å². The number of H-pyrrole nitrogens is 1. The summed E-state index contributed by atoms with van der Waals surface area (Å²) in [6.45, 7) is 5.57. The molecule has 2 rings (SSSR count). The average Bonchev–Trinajstić information content (AvgIpc) is 2.93. The second-order valence-electron chi connectivity index (χ2n) is 6.40. The van der Waals surface area contributed by atoms with E-state index in [-0.39, 0.29) is 24.8 Å². The number of nitrogens with zero attached hydrogens (tertiary/aromatic N) is 1. The number of hydrogen-bond donors (Lipinski definition) is 4. The molecule has 1 aromatic heterocycles. The predicted octanol–water partition coefficient (Wildman–Crippen LogP) is 0.816. The first kappa shape index (κ1) is 17.0. The van der Waals surface area contributed by atoms with Crippen LogP contribution < -0.4 is 10.6 Å². The van der Waals surface area contributed by atoms with Gasteiger partial charge in [0.15, 0.2) is 5.69 Å². The Kier molecular flexibility index (Phi) is 5.00. The van der Waals surface area contributed by atoms with Crippen LogP contribution in [-0.2, 0) is 4.79 Å². The maximum Gasteiger partial charge on any atom is 0.273 e. The molecule has 0 aliphatic rings. The quantitative estimate of drug-likeness (QED) is 0.654. The Balaban J connectivity index is 2.22. The molecule has 0 fully saturated rings. The van der Waals surface area contributed by atoms with Crippen LogP contribution in [0.15, 0.2) is 24.3 Å². The number of nitrogens with one attached hydrogen (secondary N) is 3. The van der Waals surface area contributed by atoms with Gasteiger partial charge in [-0.15, -0.1) is 0 Å². The first-order chi connectivity index (χ1) is 10.8. The van der Waals surface area contributed by atoms with E-state index in [4.69, 9.17) is 5.11 Å². The smallest absolute Gasteiger partial charge is 0.273 e. The van der Waals surface area contributed by atoms with Gasteiger partial charge in [0.1, 0.15) is 6.04 Å². The molecular weight excluding hydrogens is 296 g/mol. The van der Waals surface area contributed by atoms with Crippen molar-refractivity contribution in [3.05, 3.63) is 30.0 Å². The molecule has 2 amide bonds. The maximum atomic E-state index is 12.5. The molecule has 1 atom stereocenters. The fraction of sp³-hybridized carbons (Fsp3) is 0.438. The van der Waals surface area contributed by atoms with E-state index in [2.05, 4.69) is 20.8 Å². The van der Waals surface area contributed by atoms with E-state index < -0.39 is 17.4 Å². The molecule has 0 spiro atoms. The van der Waals surface area contributed by atoms with Crippen LogP contribution in [-0.4, -0.2) is 46.3 Å². The third kappa shape index (κ3) is 3.87. The number of benzene rings is 1. The summed E-state index contributed by atoms with van der Waals surface area (Å²) in [5.41, 5.74) is 0.529. The number of carbonyl (C=O) groups excluding carboxylic acids is 2. The zero-order valence-corrected chi connectivity index (χ0v) is 13.5. The van der Waals surface area contributed by atoms with E-state index in [1.165, 1.54) is 0 Å². The van der Waals surface area contributed by atoms with Gasteiger partial charge in [-0.1, -0.05) is 39.0 Å².